The first-order chi connectivity index (χ1) is 7.95. The summed E-state index contributed by atoms with van der Waals surface area (Å²) in [5, 5.41) is 10.8. The second-order valence-electron chi connectivity index (χ2n) is 3.80. The van der Waals surface area contributed by atoms with Gasteiger partial charge in [-0.25, -0.2) is 0 Å². The number of thioether (sulfide) groups is 1. The van der Waals surface area contributed by atoms with Gasteiger partial charge in [-0.3, -0.25) is 14.9 Å². The van der Waals surface area contributed by atoms with Crippen molar-refractivity contribution in [2.24, 2.45) is 0 Å². The molecule has 1 aromatic carbocycles. The van der Waals surface area contributed by atoms with E-state index in [0.29, 0.717) is 6.42 Å². The Labute approximate surface area is 105 Å². The van der Waals surface area contributed by atoms with Crippen LogP contribution in [0.4, 0.5) is 5.69 Å². The average Bonchev–Trinajstić information content (AvgIpc) is 2.23. The molecule has 0 saturated heterocycles. The highest BCUT2D eigenvalue weighted by Gasteiger charge is 2.14. The molecule has 1 aromatic rings. The van der Waals surface area contributed by atoms with E-state index in [-0.39, 0.29) is 10.8 Å². The zero-order valence-corrected chi connectivity index (χ0v) is 11.0. The number of aryl methyl sites for hydroxylation is 2. The van der Waals surface area contributed by atoms with Crippen molar-refractivity contribution in [3.8, 4) is 0 Å². The number of benzene rings is 1. The predicted molar refractivity (Wildman–Crippen MR) is 69.4 cm³/mol. The average molecular weight is 253 g/mol. The van der Waals surface area contributed by atoms with Crippen molar-refractivity contribution >= 4 is 22.6 Å². The molecule has 92 valence electrons. The summed E-state index contributed by atoms with van der Waals surface area (Å²) >= 11 is 1.28. The van der Waals surface area contributed by atoms with Gasteiger partial charge in [-0.05, 0) is 36.3 Å². The van der Waals surface area contributed by atoms with Crippen molar-refractivity contribution in [3.05, 3.63) is 38.9 Å². The number of carbonyl (C=O) groups excluding carboxylic acids is 1. The van der Waals surface area contributed by atoms with Crippen LogP contribution in [0, 0.1) is 24.0 Å². The van der Waals surface area contributed by atoms with Crippen LogP contribution in [0.5, 0.6) is 0 Å². The van der Waals surface area contributed by atoms with Crippen molar-refractivity contribution in [3.63, 3.8) is 0 Å². The van der Waals surface area contributed by atoms with E-state index in [0.717, 1.165) is 22.4 Å². The Morgan fingerprint density at radius 3 is 2.29 bits per heavy atom. The maximum Gasteiger partial charge on any atom is 0.269 e. The van der Waals surface area contributed by atoms with Crippen LogP contribution in [-0.2, 0) is 11.2 Å². The van der Waals surface area contributed by atoms with Gasteiger partial charge in [-0.15, -0.1) is 0 Å². The lowest BCUT2D eigenvalue weighted by Crippen LogP contribution is -2.03. The van der Waals surface area contributed by atoms with E-state index < -0.39 is 4.92 Å². The van der Waals surface area contributed by atoms with E-state index in [1.54, 1.807) is 13.8 Å². The largest absolute Gasteiger partial charge is 0.287 e. The third-order valence-corrected chi connectivity index (χ3v) is 3.27. The second-order valence-corrected chi connectivity index (χ2v) is 5.12. The minimum atomic E-state index is -0.410. The molecule has 5 heteroatoms. The summed E-state index contributed by atoms with van der Waals surface area (Å²) in [5.74, 6) is 0.754. The van der Waals surface area contributed by atoms with Crippen LogP contribution < -0.4 is 0 Å². The lowest BCUT2D eigenvalue weighted by molar-refractivity contribution is -0.385. The Bertz CT molecular complexity index is 434. The van der Waals surface area contributed by atoms with Crippen molar-refractivity contribution in [1.82, 2.24) is 0 Å². The van der Waals surface area contributed by atoms with Crippen molar-refractivity contribution in [2.75, 3.05) is 5.75 Å². The minimum Gasteiger partial charge on any atom is -0.287 e. The first-order valence-corrected chi connectivity index (χ1v) is 6.34. The summed E-state index contributed by atoms with van der Waals surface area (Å²) in [6.45, 7) is 5.54. The molecule has 17 heavy (non-hydrogen) atoms. The summed E-state index contributed by atoms with van der Waals surface area (Å²) in [5.41, 5.74) is 2.60. The number of nitro benzene ring substituents is 1. The van der Waals surface area contributed by atoms with E-state index in [1.165, 1.54) is 23.9 Å². The van der Waals surface area contributed by atoms with Crippen LogP contribution >= 0.6 is 11.8 Å². The van der Waals surface area contributed by atoms with E-state index in [1.807, 2.05) is 6.92 Å². The first-order valence-electron chi connectivity index (χ1n) is 5.35. The van der Waals surface area contributed by atoms with Crippen molar-refractivity contribution in [2.45, 2.75) is 27.2 Å². The SMILES string of the molecule is CCSC(=O)Cc1c(C)cc([N+](=O)[O-])cc1C. The fourth-order valence-electron chi connectivity index (χ4n) is 1.71. The van der Waals surface area contributed by atoms with Gasteiger partial charge in [0.2, 0.25) is 0 Å². The Hall–Kier alpha value is -1.36. The summed E-state index contributed by atoms with van der Waals surface area (Å²) in [6, 6.07) is 3.04. The van der Waals surface area contributed by atoms with Crippen LogP contribution in [0.2, 0.25) is 0 Å². The van der Waals surface area contributed by atoms with E-state index in [9.17, 15) is 14.9 Å². The van der Waals surface area contributed by atoms with Gasteiger partial charge >= 0.3 is 0 Å². The highest BCUT2D eigenvalue weighted by atomic mass is 32.2. The van der Waals surface area contributed by atoms with Gasteiger partial charge < -0.3 is 0 Å². The third-order valence-electron chi connectivity index (χ3n) is 2.52. The maximum absolute atomic E-state index is 11.6. The molecule has 0 radical (unpaired) electrons. The van der Waals surface area contributed by atoms with Gasteiger partial charge in [-0.2, -0.15) is 0 Å². The maximum atomic E-state index is 11.6. The smallest absolute Gasteiger partial charge is 0.269 e. The number of rotatable bonds is 4. The number of nitrogens with zero attached hydrogens (tertiary/aromatic N) is 1. The van der Waals surface area contributed by atoms with Gasteiger partial charge in [0.1, 0.15) is 0 Å². The molecule has 0 saturated carbocycles. The Morgan fingerprint density at radius 2 is 1.88 bits per heavy atom. The molecule has 0 unspecified atom stereocenters. The summed E-state index contributed by atoms with van der Waals surface area (Å²) in [6.07, 6.45) is 0.341. The summed E-state index contributed by atoms with van der Waals surface area (Å²) in [4.78, 5) is 21.8. The molecule has 0 aliphatic carbocycles. The van der Waals surface area contributed by atoms with Crippen molar-refractivity contribution < 1.29 is 9.72 Å². The van der Waals surface area contributed by atoms with Crippen molar-refractivity contribution in [1.29, 1.82) is 0 Å². The van der Waals surface area contributed by atoms with Gasteiger partial charge in [0.15, 0.2) is 5.12 Å². The topological polar surface area (TPSA) is 60.2 Å². The molecule has 1 rings (SSSR count). The fraction of sp³-hybridized carbons (Fsp3) is 0.417. The number of hydrogen-bond donors (Lipinski definition) is 0. The number of hydrogen-bond acceptors (Lipinski definition) is 4. The number of non-ortho nitro benzene ring substituents is 1. The number of nitro groups is 1. The molecule has 0 bridgehead atoms. The van der Waals surface area contributed by atoms with E-state index >= 15 is 0 Å². The van der Waals surface area contributed by atoms with Gasteiger partial charge in [0.05, 0.1) is 4.92 Å². The second kappa shape index (κ2) is 5.82. The quantitative estimate of drug-likeness (QED) is 0.611. The number of carbonyl (C=O) groups is 1. The molecule has 0 N–H and O–H groups in total. The lowest BCUT2D eigenvalue weighted by atomic mass is 9.99. The van der Waals surface area contributed by atoms with Crippen LogP contribution in [0.25, 0.3) is 0 Å². The molecule has 0 amide bonds. The zero-order valence-electron chi connectivity index (χ0n) is 10.1. The van der Waals surface area contributed by atoms with E-state index in [4.69, 9.17) is 0 Å². The molecular weight excluding hydrogens is 238 g/mol. The van der Waals surface area contributed by atoms with Crippen LogP contribution in [-0.4, -0.2) is 15.8 Å². The van der Waals surface area contributed by atoms with E-state index in [2.05, 4.69) is 0 Å². The third kappa shape index (κ3) is 3.56. The lowest BCUT2D eigenvalue weighted by Gasteiger charge is -2.08. The molecule has 4 nitrogen and oxygen atoms in total. The van der Waals surface area contributed by atoms with Crippen LogP contribution in [0.15, 0.2) is 12.1 Å². The van der Waals surface area contributed by atoms with Gasteiger partial charge in [0, 0.05) is 18.6 Å². The fourth-order valence-corrected chi connectivity index (χ4v) is 2.28. The molecule has 0 atom stereocenters. The Morgan fingerprint density at radius 1 is 1.35 bits per heavy atom. The summed E-state index contributed by atoms with van der Waals surface area (Å²) in [7, 11) is 0. The van der Waals surface area contributed by atoms with Gasteiger partial charge in [0.25, 0.3) is 5.69 Å². The molecule has 0 aliphatic heterocycles. The molecule has 0 aromatic heterocycles. The monoisotopic (exact) mass is 253 g/mol. The molecular formula is C12H15NO3S. The van der Waals surface area contributed by atoms with Crippen LogP contribution in [0.3, 0.4) is 0 Å². The Kier molecular flexibility index (Phi) is 4.69. The summed E-state index contributed by atoms with van der Waals surface area (Å²) < 4.78 is 0. The highest BCUT2D eigenvalue weighted by Crippen LogP contribution is 2.23. The van der Waals surface area contributed by atoms with Gasteiger partial charge in [-0.1, -0.05) is 18.7 Å². The predicted octanol–water partition coefficient (Wildman–Crippen LogP) is 3.03. The molecule has 0 fully saturated rings. The molecule has 0 heterocycles. The zero-order chi connectivity index (χ0) is 13.0. The molecule has 0 spiro atoms. The minimum absolute atomic E-state index is 0.0827. The first kappa shape index (κ1) is 13.7. The Balaban J connectivity index is 3.01. The normalized spacial score (nSPS) is 10.3. The highest BCUT2D eigenvalue weighted by molar-refractivity contribution is 8.13. The standard InChI is InChI=1S/C12H15NO3S/c1-4-17-12(14)7-11-8(2)5-10(13(15)16)6-9(11)3/h5-6H,4,7H2,1-3H3. The molecule has 0 aliphatic rings. The van der Waals surface area contributed by atoms with Crippen LogP contribution in [0.1, 0.15) is 23.6 Å².